The van der Waals surface area contributed by atoms with E-state index in [2.05, 4.69) is 42.5 Å². The normalized spacial score (nSPS) is 13.7. The van der Waals surface area contributed by atoms with Crippen molar-refractivity contribution in [1.82, 2.24) is 14.8 Å². The maximum Gasteiger partial charge on any atom is 0.259 e. The van der Waals surface area contributed by atoms with E-state index >= 15 is 0 Å². The van der Waals surface area contributed by atoms with Gasteiger partial charge in [0.05, 0.1) is 24.0 Å². The van der Waals surface area contributed by atoms with Crippen molar-refractivity contribution in [1.29, 1.82) is 0 Å². The highest BCUT2D eigenvalue weighted by Gasteiger charge is 2.35. The number of hydrogen-bond donors (Lipinski definition) is 1. The lowest BCUT2D eigenvalue weighted by Gasteiger charge is -2.17. The van der Waals surface area contributed by atoms with Gasteiger partial charge in [0.15, 0.2) is 0 Å². The highest BCUT2D eigenvalue weighted by atomic mass is 35.5. The summed E-state index contributed by atoms with van der Waals surface area (Å²) >= 11 is 0. The lowest BCUT2D eigenvalue weighted by molar-refractivity contribution is -0.122. The highest BCUT2D eigenvalue weighted by molar-refractivity contribution is 6.50. The van der Waals surface area contributed by atoms with Crippen molar-refractivity contribution in [3.8, 4) is 5.75 Å². The zero-order valence-corrected chi connectivity index (χ0v) is 23.4. The van der Waals surface area contributed by atoms with Crippen LogP contribution in [0.2, 0.25) is 0 Å². The number of amides is 2. The van der Waals surface area contributed by atoms with Crippen LogP contribution in [-0.2, 0) is 9.59 Å². The number of nitrogens with zero attached hydrogens (tertiary/aromatic N) is 2. The number of hydrogen-bond acceptors (Lipinski definition) is 5. The van der Waals surface area contributed by atoms with Crippen molar-refractivity contribution in [2.45, 2.75) is 40.2 Å². The van der Waals surface area contributed by atoms with Gasteiger partial charge in [0.2, 0.25) is 0 Å². The first-order valence-electron chi connectivity index (χ1n) is 13.1. The van der Waals surface area contributed by atoms with E-state index in [0.29, 0.717) is 28.9 Å². The average Bonchev–Trinajstić information content (AvgIpc) is 3.58. The molecule has 206 valence electrons. The molecule has 1 aliphatic heterocycles. The molecule has 0 radical (unpaired) electrons. The smallest absolute Gasteiger partial charge is 0.259 e. The number of benzene rings is 2. The van der Waals surface area contributed by atoms with Gasteiger partial charge in [0, 0.05) is 46.2 Å². The highest BCUT2D eigenvalue weighted by Crippen LogP contribution is 2.40. The second-order valence-electron chi connectivity index (χ2n) is 9.78. The van der Waals surface area contributed by atoms with Crippen molar-refractivity contribution in [3.63, 3.8) is 0 Å². The number of ether oxygens (including phenoxy) is 1. The summed E-state index contributed by atoms with van der Waals surface area (Å²) in [5, 5.41) is 3.71. The van der Waals surface area contributed by atoms with Gasteiger partial charge in [-0.15, -0.1) is 12.4 Å². The molecule has 9 heteroatoms. The molecule has 5 rings (SSSR count). The third kappa shape index (κ3) is 5.31. The number of halogens is 2. The third-order valence-corrected chi connectivity index (χ3v) is 7.13. The van der Waals surface area contributed by atoms with Gasteiger partial charge in [0.1, 0.15) is 17.1 Å². The summed E-state index contributed by atoms with van der Waals surface area (Å²) in [7, 11) is 0. The van der Waals surface area contributed by atoms with Gasteiger partial charge in [0.25, 0.3) is 11.8 Å². The van der Waals surface area contributed by atoms with Crippen LogP contribution in [0, 0.1) is 5.82 Å². The fourth-order valence-electron chi connectivity index (χ4n) is 5.17. The summed E-state index contributed by atoms with van der Waals surface area (Å²) in [4.78, 5) is 28.6. The minimum atomic E-state index is -0.581. The average molecular weight is 554 g/mol. The Kier molecular flexibility index (Phi) is 8.47. The zero-order chi connectivity index (χ0) is 27.0. The van der Waals surface area contributed by atoms with Crippen LogP contribution in [0.3, 0.4) is 0 Å². The molecule has 1 N–H and O–H groups in total. The largest absolute Gasteiger partial charge is 0.494 e. The van der Waals surface area contributed by atoms with Gasteiger partial charge >= 0.3 is 0 Å². The first-order chi connectivity index (χ1) is 18.3. The van der Waals surface area contributed by atoms with E-state index in [0.717, 1.165) is 37.0 Å². The Hall–Kier alpha value is -3.62. The van der Waals surface area contributed by atoms with Crippen molar-refractivity contribution >= 4 is 57.2 Å². The lowest BCUT2D eigenvalue weighted by Crippen LogP contribution is -2.25. The molecule has 0 saturated heterocycles. The SMILES string of the molecule is CCN(CC)CCCOc1ccc2c(c1)c(C1=C(c3cc(F)cc4ccoc34)C(=O)NC1=O)cn2C(C)C.Cl. The number of aromatic nitrogens is 1. The van der Waals surface area contributed by atoms with E-state index in [9.17, 15) is 14.0 Å². The molecule has 0 atom stereocenters. The summed E-state index contributed by atoms with van der Waals surface area (Å²) in [6, 6.07) is 10.1. The second-order valence-corrected chi connectivity index (χ2v) is 9.78. The predicted molar refractivity (Wildman–Crippen MR) is 154 cm³/mol. The summed E-state index contributed by atoms with van der Waals surface area (Å²) < 4.78 is 28.3. The second kappa shape index (κ2) is 11.6. The monoisotopic (exact) mass is 553 g/mol. The zero-order valence-electron chi connectivity index (χ0n) is 22.5. The van der Waals surface area contributed by atoms with E-state index in [1.165, 1.54) is 18.4 Å². The third-order valence-electron chi connectivity index (χ3n) is 7.13. The van der Waals surface area contributed by atoms with Crippen LogP contribution in [0.15, 0.2) is 53.3 Å². The Morgan fingerprint density at radius 2 is 1.74 bits per heavy atom. The van der Waals surface area contributed by atoms with Crippen LogP contribution >= 0.6 is 12.4 Å². The van der Waals surface area contributed by atoms with Gasteiger partial charge < -0.3 is 18.6 Å². The number of carbonyl (C=O) groups excluding carboxylic acids is 2. The maximum absolute atomic E-state index is 14.5. The fraction of sp³-hybridized carbons (Fsp3) is 0.333. The molecule has 0 saturated carbocycles. The molecule has 1 aliphatic rings. The van der Waals surface area contributed by atoms with Crippen molar-refractivity contribution in [2.24, 2.45) is 0 Å². The molecule has 0 spiro atoms. The number of nitrogens with one attached hydrogen (secondary N) is 1. The fourth-order valence-corrected chi connectivity index (χ4v) is 5.17. The van der Waals surface area contributed by atoms with Gasteiger partial charge in [-0.3, -0.25) is 14.9 Å². The Balaban J connectivity index is 0.00000353. The Bertz CT molecular complexity index is 1570. The van der Waals surface area contributed by atoms with Gasteiger partial charge in [-0.1, -0.05) is 13.8 Å². The molecule has 3 heterocycles. The molecule has 4 aromatic rings. The molecule has 39 heavy (non-hydrogen) atoms. The number of fused-ring (bicyclic) bond motifs is 2. The standard InChI is InChI=1S/C30H32FN3O4.ClH/c1-5-33(6-2)11-7-12-37-21-8-9-25-22(16-21)24(17-34(25)18(3)4)27-26(29(35)32-30(27)36)23-15-20(31)14-19-10-13-38-28(19)23;/h8-10,13-18H,5-7,11-12H2,1-4H3,(H,32,35,36);1H. The molecule has 0 fully saturated rings. The van der Waals surface area contributed by atoms with Crippen LogP contribution in [0.5, 0.6) is 5.75 Å². The van der Waals surface area contributed by atoms with Crippen molar-refractivity contribution in [3.05, 3.63) is 65.8 Å². The Labute approximate surface area is 233 Å². The summed E-state index contributed by atoms with van der Waals surface area (Å²) in [6.45, 7) is 11.9. The molecular weight excluding hydrogens is 521 g/mol. The van der Waals surface area contributed by atoms with Crippen molar-refractivity contribution < 1.29 is 23.1 Å². The molecule has 2 amide bonds. The topological polar surface area (TPSA) is 76.7 Å². The summed E-state index contributed by atoms with van der Waals surface area (Å²) in [5.74, 6) is -0.936. The number of rotatable bonds is 10. The van der Waals surface area contributed by atoms with Crippen LogP contribution in [0.25, 0.3) is 33.0 Å². The molecule has 2 aromatic heterocycles. The number of furan rings is 1. The van der Waals surface area contributed by atoms with Crippen LogP contribution in [0.1, 0.15) is 51.3 Å². The molecule has 0 bridgehead atoms. The first kappa shape index (κ1) is 28.4. The van der Waals surface area contributed by atoms with Crippen LogP contribution < -0.4 is 10.1 Å². The minimum Gasteiger partial charge on any atom is -0.494 e. The van der Waals surface area contributed by atoms with Gasteiger partial charge in [-0.25, -0.2) is 4.39 Å². The molecule has 2 aromatic carbocycles. The van der Waals surface area contributed by atoms with Gasteiger partial charge in [-0.05, 0) is 69.8 Å². The van der Waals surface area contributed by atoms with Crippen LogP contribution in [0.4, 0.5) is 4.39 Å². The molecule has 7 nitrogen and oxygen atoms in total. The van der Waals surface area contributed by atoms with E-state index in [4.69, 9.17) is 9.15 Å². The van der Waals surface area contributed by atoms with E-state index in [1.807, 2.05) is 24.4 Å². The first-order valence-corrected chi connectivity index (χ1v) is 13.1. The number of carbonyl (C=O) groups is 2. The van der Waals surface area contributed by atoms with Crippen LogP contribution in [-0.4, -0.2) is 47.5 Å². The number of imide groups is 1. The summed E-state index contributed by atoms with van der Waals surface area (Å²) in [5.41, 5.74) is 2.40. The molecule has 0 aliphatic carbocycles. The van der Waals surface area contributed by atoms with E-state index in [1.54, 1.807) is 6.07 Å². The van der Waals surface area contributed by atoms with Crippen molar-refractivity contribution in [2.75, 3.05) is 26.2 Å². The van der Waals surface area contributed by atoms with E-state index < -0.39 is 17.6 Å². The maximum atomic E-state index is 14.5. The van der Waals surface area contributed by atoms with E-state index in [-0.39, 0.29) is 35.2 Å². The van der Waals surface area contributed by atoms with Gasteiger partial charge in [-0.2, -0.15) is 0 Å². The molecular formula is C30H33ClFN3O4. The Morgan fingerprint density at radius 1 is 1.03 bits per heavy atom. The Morgan fingerprint density at radius 3 is 2.44 bits per heavy atom. The minimum absolute atomic E-state index is 0. The predicted octanol–water partition coefficient (Wildman–Crippen LogP) is 6.21. The lowest BCUT2D eigenvalue weighted by atomic mass is 9.95. The molecule has 0 unspecified atom stereocenters. The quantitative estimate of drug-likeness (QED) is 0.187. The summed E-state index contributed by atoms with van der Waals surface area (Å²) in [6.07, 6.45) is 4.22.